The summed E-state index contributed by atoms with van der Waals surface area (Å²) in [6.45, 7) is 6.86. The van der Waals surface area contributed by atoms with Gasteiger partial charge < -0.3 is 20.9 Å². The second-order valence-electron chi connectivity index (χ2n) is 5.67. The van der Waals surface area contributed by atoms with E-state index in [1.807, 2.05) is 6.92 Å². The van der Waals surface area contributed by atoms with Gasteiger partial charge in [0.1, 0.15) is 11.4 Å². The quantitative estimate of drug-likeness (QED) is 0.762. The van der Waals surface area contributed by atoms with Crippen LogP contribution in [0.15, 0.2) is 12.3 Å². The normalized spacial score (nSPS) is 23.9. The van der Waals surface area contributed by atoms with Crippen LogP contribution in [0.25, 0.3) is 0 Å². The molecule has 0 aromatic carbocycles. The van der Waals surface area contributed by atoms with Gasteiger partial charge in [-0.15, -0.1) is 0 Å². The molecule has 6 heteroatoms. The number of rotatable bonds is 5. The highest BCUT2D eigenvalue weighted by molar-refractivity contribution is 5.94. The highest BCUT2D eigenvalue weighted by Crippen LogP contribution is 2.44. The standard InChI is InChI=1S/C14H21N3O3/c1-4-20-11-6-10(14(11,2)3)17-12-9(13(18)19)5-8(15)7-16-12/h5,7,10-11H,4,6,15H2,1-3H3,(H,16,17)(H,18,19). The van der Waals surface area contributed by atoms with E-state index in [4.69, 9.17) is 10.5 Å². The Kier molecular flexibility index (Phi) is 3.85. The van der Waals surface area contributed by atoms with E-state index in [-0.39, 0.29) is 23.1 Å². The summed E-state index contributed by atoms with van der Waals surface area (Å²) < 4.78 is 5.66. The van der Waals surface area contributed by atoms with Crippen LogP contribution in [0, 0.1) is 5.41 Å². The van der Waals surface area contributed by atoms with Gasteiger partial charge in [-0.25, -0.2) is 9.78 Å². The van der Waals surface area contributed by atoms with Crippen molar-refractivity contribution in [1.29, 1.82) is 0 Å². The van der Waals surface area contributed by atoms with Gasteiger partial charge >= 0.3 is 5.97 Å². The topological polar surface area (TPSA) is 97.5 Å². The summed E-state index contributed by atoms with van der Waals surface area (Å²) in [7, 11) is 0. The molecule has 1 aliphatic rings. The molecule has 4 N–H and O–H groups in total. The fraction of sp³-hybridized carbons (Fsp3) is 0.571. The minimum Gasteiger partial charge on any atom is -0.478 e. The van der Waals surface area contributed by atoms with Crippen LogP contribution in [0.2, 0.25) is 0 Å². The first-order valence-electron chi connectivity index (χ1n) is 6.73. The average molecular weight is 279 g/mol. The Labute approximate surface area is 118 Å². The molecule has 0 radical (unpaired) electrons. The Bertz CT molecular complexity index is 516. The molecular weight excluding hydrogens is 258 g/mol. The SMILES string of the molecule is CCOC1CC(Nc2ncc(N)cc2C(=O)O)C1(C)C. The van der Waals surface area contributed by atoms with E-state index >= 15 is 0 Å². The van der Waals surface area contributed by atoms with Crippen LogP contribution in [0.5, 0.6) is 0 Å². The molecule has 110 valence electrons. The van der Waals surface area contributed by atoms with Gasteiger partial charge in [-0.05, 0) is 19.4 Å². The monoisotopic (exact) mass is 279 g/mol. The summed E-state index contributed by atoms with van der Waals surface area (Å²) in [6, 6.07) is 1.55. The van der Waals surface area contributed by atoms with Crippen LogP contribution < -0.4 is 11.1 Å². The lowest BCUT2D eigenvalue weighted by molar-refractivity contribution is -0.0976. The van der Waals surface area contributed by atoms with E-state index in [1.165, 1.54) is 12.3 Å². The van der Waals surface area contributed by atoms with Gasteiger partial charge in [0.05, 0.1) is 18.0 Å². The zero-order valence-electron chi connectivity index (χ0n) is 12.0. The third-order valence-electron chi connectivity index (χ3n) is 4.00. The fourth-order valence-corrected chi connectivity index (χ4v) is 2.54. The van der Waals surface area contributed by atoms with E-state index in [9.17, 15) is 9.90 Å². The van der Waals surface area contributed by atoms with Gasteiger partial charge in [-0.1, -0.05) is 13.8 Å². The first-order chi connectivity index (χ1) is 9.36. The number of pyridine rings is 1. The Balaban J connectivity index is 2.14. The van der Waals surface area contributed by atoms with Crippen molar-refractivity contribution in [3.8, 4) is 0 Å². The molecule has 1 saturated carbocycles. The molecule has 2 unspecified atom stereocenters. The molecule has 2 rings (SSSR count). The largest absolute Gasteiger partial charge is 0.478 e. The maximum absolute atomic E-state index is 11.2. The molecule has 1 aromatic rings. The minimum absolute atomic E-state index is 0.0607. The van der Waals surface area contributed by atoms with Crippen LogP contribution in [0.3, 0.4) is 0 Å². The van der Waals surface area contributed by atoms with Crippen LogP contribution >= 0.6 is 0 Å². The van der Waals surface area contributed by atoms with Crippen molar-refractivity contribution in [2.75, 3.05) is 17.7 Å². The maximum Gasteiger partial charge on any atom is 0.339 e. The molecule has 1 heterocycles. The number of nitrogen functional groups attached to an aromatic ring is 1. The zero-order valence-corrected chi connectivity index (χ0v) is 12.0. The van der Waals surface area contributed by atoms with Crippen LogP contribution in [-0.4, -0.2) is 34.8 Å². The van der Waals surface area contributed by atoms with E-state index in [1.54, 1.807) is 0 Å². The highest BCUT2D eigenvalue weighted by atomic mass is 16.5. The van der Waals surface area contributed by atoms with E-state index in [0.29, 0.717) is 18.1 Å². The lowest BCUT2D eigenvalue weighted by Crippen LogP contribution is -2.58. The predicted molar refractivity (Wildman–Crippen MR) is 76.8 cm³/mol. The average Bonchev–Trinajstić information content (AvgIpc) is 2.39. The van der Waals surface area contributed by atoms with Gasteiger partial charge in [0, 0.05) is 18.1 Å². The second-order valence-corrected chi connectivity index (χ2v) is 5.67. The molecule has 1 aliphatic carbocycles. The maximum atomic E-state index is 11.2. The number of aromatic nitrogens is 1. The van der Waals surface area contributed by atoms with Crippen LogP contribution in [-0.2, 0) is 4.74 Å². The number of hydrogen-bond acceptors (Lipinski definition) is 5. The lowest BCUT2D eigenvalue weighted by atomic mass is 9.64. The minimum atomic E-state index is -1.04. The number of aromatic carboxylic acids is 1. The number of hydrogen-bond donors (Lipinski definition) is 3. The Morgan fingerprint density at radius 2 is 2.35 bits per heavy atom. The number of nitrogens with one attached hydrogen (secondary N) is 1. The lowest BCUT2D eigenvalue weighted by Gasteiger charge is -2.51. The number of anilines is 2. The van der Waals surface area contributed by atoms with Crippen molar-refractivity contribution in [1.82, 2.24) is 4.98 Å². The summed E-state index contributed by atoms with van der Waals surface area (Å²) in [5.41, 5.74) is 5.96. The second kappa shape index (κ2) is 5.28. The molecule has 1 fully saturated rings. The van der Waals surface area contributed by atoms with Crippen molar-refractivity contribution >= 4 is 17.5 Å². The Morgan fingerprint density at radius 3 is 2.90 bits per heavy atom. The van der Waals surface area contributed by atoms with Gasteiger partial charge in [-0.2, -0.15) is 0 Å². The Hall–Kier alpha value is -1.82. The number of nitrogens with zero attached hydrogens (tertiary/aromatic N) is 1. The van der Waals surface area contributed by atoms with E-state index in [2.05, 4.69) is 24.1 Å². The van der Waals surface area contributed by atoms with Crippen molar-refractivity contribution < 1.29 is 14.6 Å². The van der Waals surface area contributed by atoms with Gasteiger partial charge in [0.25, 0.3) is 0 Å². The van der Waals surface area contributed by atoms with E-state index < -0.39 is 5.97 Å². The van der Waals surface area contributed by atoms with Crippen LogP contribution in [0.1, 0.15) is 37.6 Å². The predicted octanol–water partition coefficient (Wildman–Crippen LogP) is 1.98. The number of nitrogens with two attached hydrogens (primary N) is 1. The number of carboxylic acid groups (broad SMARTS) is 1. The Morgan fingerprint density at radius 1 is 1.65 bits per heavy atom. The summed E-state index contributed by atoms with van der Waals surface area (Å²) >= 11 is 0. The summed E-state index contributed by atoms with van der Waals surface area (Å²) in [5.74, 6) is -0.675. The summed E-state index contributed by atoms with van der Waals surface area (Å²) in [5, 5.41) is 12.4. The molecule has 0 saturated heterocycles. The molecule has 0 amide bonds. The smallest absolute Gasteiger partial charge is 0.339 e. The van der Waals surface area contributed by atoms with Gasteiger partial charge in [-0.3, -0.25) is 0 Å². The molecule has 0 bridgehead atoms. The number of ether oxygens (including phenoxy) is 1. The van der Waals surface area contributed by atoms with Crippen molar-refractivity contribution in [2.24, 2.45) is 5.41 Å². The highest BCUT2D eigenvalue weighted by Gasteiger charge is 2.49. The first-order valence-corrected chi connectivity index (χ1v) is 6.73. The van der Waals surface area contributed by atoms with E-state index in [0.717, 1.165) is 6.42 Å². The number of carbonyl (C=O) groups is 1. The van der Waals surface area contributed by atoms with Gasteiger partial charge in [0.2, 0.25) is 0 Å². The summed E-state index contributed by atoms with van der Waals surface area (Å²) in [6.07, 6.45) is 2.49. The van der Waals surface area contributed by atoms with Gasteiger partial charge in [0.15, 0.2) is 0 Å². The van der Waals surface area contributed by atoms with Crippen molar-refractivity contribution in [3.63, 3.8) is 0 Å². The fourth-order valence-electron chi connectivity index (χ4n) is 2.54. The molecule has 2 atom stereocenters. The molecule has 0 aliphatic heterocycles. The molecule has 20 heavy (non-hydrogen) atoms. The molecule has 0 spiro atoms. The molecular formula is C14H21N3O3. The van der Waals surface area contributed by atoms with Crippen LogP contribution in [0.4, 0.5) is 11.5 Å². The zero-order chi connectivity index (χ0) is 14.9. The summed E-state index contributed by atoms with van der Waals surface area (Å²) in [4.78, 5) is 15.3. The molecule has 1 aromatic heterocycles. The van der Waals surface area contributed by atoms with Crippen molar-refractivity contribution in [2.45, 2.75) is 39.3 Å². The van der Waals surface area contributed by atoms with Crippen molar-refractivity contribution in [3.05, 3.63) is 17.8 Å². The third kappa shape index (κ3) is 2.56. The third-order valence-corrected chi connectivity index (χ3v) is 4.00. The number of carboxylic acids is 1. The molecule has 6 nitrogen and oxygen atoms in total. The first kappa shape index (κ1) is 14.6.